The number of aromatic hydroxyl groups is 1. The fourth-order valence-electron chi connectivity index (χ4n) is 1.12. The van der Waals surface area contributed by atoms with E-state index in [-0.39, 0.29) is 5.75 Å². The van der Waals surface area contributed by atoms with E-state index in [2.05, 4.69) is 0 Å². The average Bonchev–Trinajstić information content (AvgIpc) is 2.22. The van der Waals surface area contributed by atoms with E-state index >= 15 is 0 Å². The Kier molecular flexibility index (Phi) is 4.60. The van der Waals surface area contributed by atoms with E-state index in [0.29, 0.717) is 21.5 Å². The normalized spacial score (nSPS) is 10.6. The highest BCUT2D eigenvalue weighted by Crippen LogP contribution is 2.33. The van der Waals surface area contributed by atoms with Gasteiger partial charge in [0.05, 0.1) is 10.2 Å². The summed E-state index contributed by atoms with van der Waals surface area (Å²) in [5, 5.41) is 18.2. The van der Waals surface area contributed by atoms with Gasteiger partial charge >= 0.3 is 5.97 Å². The number of hydrogen-bond acceptors (Lipinski definition) is 3. The van der Waals surface area contributed by atoms with Crippen molar-refractivity contribution in [1.29, 1.82) is 0 Å². The monoisotopic (exact) mass is 334 g/mol. The molecule has 5 heteroatoms. The zero-order valence-corrected chi connectivity index (χ0v) is 10.8. The predicted octanol–water partition coefficient (Wildman–Crippen LogP) is 2.49. The van der Waals surface area contributed by atoms with E-state index in [4.69, 9.17) is 9.84 Å². The Hall–Kier alpha value is -1.24. The zero-order valence-electron chi connectivity index (χ0n) is 8.61. The summed E-state index contributed by atoms with van der Waals surface area (Å²) in [5.41, 5.74) is 0.674. The molecule has 0 saturated carbocycles. The third kappa shape index (κ3) is 3.41. The number of carbonyl (C=O) groups is 1. The molecule has 16 heavy (non-hydrogen) atoms. The van der Waals surface area contributed by atoms with Gasteiger partial charge in [-0.05, 0) is 53.3 Å². The van der Waals surface area contributed by atoms with Crippen molar-refractivity contribution >= 4 is 34.6 Å². The number of benzene rings is 1. The molecule has 2 N–H and O–H groups in total. The quantitative estimate of drug-likeness (QED) is 0.656. The van der Waals surface area contributed by atoms with Crippen LogP contribution in [0.1, 0.15) is 12.5 Å². The molecule has 0 bridgehead atoms. The summed E-state index contributed by atoms with van der Waals surface area (Å²) in [5.74, 6) is -0.574. The van der Waals surface area contributed by atoms with Crippen LogP contribution in [-0.4, -0.2) is 22.8 Å². The Morgan fingerprint density at radius 2 is 2.25 bits per heavy atom. The number of hydrogen-bond donors (Lipinski definition) is 2. The van der Waals surface area contributed by atoms with Gasteiger partial charge in [0.1, 0.15) is 0 Å². The summed E-state index contributed by atoms with van der Waals surface area (Å²) in [7, 11) is 0. The maximum atomic E-state index is 10.4. The summed E-state index contributed by atoms with van der Waals surface area (Å²) >= 11 is 1.96. The zero-order chi connectivity index (χ0) is 12.1. The molecule has 1 aromatic rings. The highest BCUT2D eigenvalue weighted by atomic mass is 127. The first-order chi connectivity index (χ1) is 7.54. The van der Waals surface area contributed by atoms with Gasteiger partial charge in [-0.1, -0.05) is 0 Å². The topological polar surface area (TPSA) is 66.8 Å². The third-order valence-electron chi connectivity index (χ3n) is 1.77. The lowest BCUT2D eigenvalue weighted by Gasteiger charge is -2.08. The van der Waals surface area contributed by atoms with Crippen LogP contribution >= 0.6 is 22.6 Å². The van der Waals surface area contributed by atoms with Crippen molar-refractivity contribution in [1.82, 2.24) is 0 Å². The van der Waals surface area contributed by atoms with E-state index in [1.807, 2.05) is 29.5 Å². The van der Waals surface area contributed by atoms with Gasteiger partial charge in [-0.15, -0.1) is 0 Å². The number of phenols is 1. The fraction of sp³-hybridized carbons (Fsp3) is 0.182. The molecule has 86 valence electrons. The molecular weight excluding hydrogens is 323 g/mol. The average molecular weight is 334 g/mol. The van der Waals surface area contributed by atoms with E-state index < -0.39 is 5.97 Å². The molecule has 0 atom stereocenters. The summed E-state index contributed by atoms with van der Waals surface area (Å²) < 4.78 is 5.85. The summed E-state index contributed by atoms with van der Waals surface area (Å²) in [6.07, 6.45) is 2.49. The molecule has 0 unspecified atom stereocenters. The van der Waals surface area contributed by atoms with Crippen molar-refractivity contribution in [3.8, 4) is 11.5 Å². The molecule has 0 spiro atoms. The van der Waals surface area contributed by atoms with Gasteiger partial charge in [0.25, 0.3) is 0 Å². The molecule has 0 aliphatic rings. The Morgan fingerprint density at radius 3 is 2.81 bits per heavy atom. The van der Waals surface area contributed by atoms with Crippen LogP contribution in [0, 0.1) is 3.57 Å². The second kappa shape index (κ2) is 5.74. The molecule has 0 saturated heterocycles. The lowest BCUT2D eigenvalue weighted by atomic mass is 10.2. The largest absolute Gasteiger partial charge is 0.504 e. The van der Waals surface area contributed by atoms with Gasteiger partial charge < -0.3 is 14.9 Å². The first-order valence-electron chi connectivity index (χ1n) is 4.61. The molecular formula is C11H11IO4. The maximum absolute atomic E-state index is 10.4. The first kappa shape index (κ1) is 12.8. The van der Waals surface area contributed by atoms with E-state index in [0.717, 1.165) is 6.08 Å². The molecule has 0 aromatic heterocycles. The van der Waals surface area contributed by atoms with Crippen LogP contribution in [0.2, 0.25) is 0 Å². The molecule has 0 heterocycles. The Morgan fingerprint density at radius 1 is 1.56 bits per heavy atom. The minimum atomic E-state index is -1.01. The molecule has 4 nitrogen and oxygen atoms in total. The fourth-order valence-corrected chi connectivity index (χ4v) is 1.75. The number of rotatable bonds is 4. The maximum Gasteiger partial charge on any atom is 0.328 e. The van der Waals surface area contributed by atoms with Crippen molar-refractivity contribution in [2.24, 2.45) is 0 Å². The number of phenolic OH excluding ortho intramolecular Hbond substituents is 1. The van der Waals surface area contributed by atoms with Crippen molar-refractivity contribution in [3.05, 3.63) is 27.3 Å². The second-order valence-corrected chi connectivity index (χ2v) is 4.12. The molecule has 0 amide bonds. The molecule has 0 radical (unpaired) electrons. The lowest BCUT2D eigenvalue weighted by Crippen LogP contribution is -1.94. The van der Waals surface area contributed by atoms with Gasteiger partial charge in [0.2, 0.25) is 0 Å². The molecule has 1 aromatic carbocycles. The molecule has 1 rings (SSSR count). The third-order valence-corrected chi connectivity index (χ3v) is 2.59. The van der Waals surface area contributed by atoms with Crippen LogP contribution in [0.25, 0.3) is 6.08 Å². The predicted molar refractivity (Wildman–Crippen MR) is 68.7 cm³/mol. The number of halogens is 1. The van der Waals surface area contributed by atoms with Crippen molar-refractivity contribution in [2.75, 3.05) is 6.61 Å². The Bertz CT molecular complexity index is 426. The van der Waals surface area contributed by atoms with Gasteiger partial charge in [-0.3, -0.25) is 0 Å². The SMILES string of the molecule is CCOc1cc(C=CC(=O)O)cc(I)c1O. The Balaban J connectivity index is 3.08. The Labute approximate surface area is 107 Å². The van der Waals surface area contributed by atoms with Gasteiger partial charge in [0.15, 0.2) is 11.5 Å². The van der Waals surface area contributed by atoms with Gasteiger partial charge in [-0.2, -0.15) is 0 Å². The van der Waals surface area contributed by atoms with Crippen molar-refractivity contribution < 1.29 is 19.7 Å². The summed E-state index contributed by atoms with van der Waals surface area (Å²) in [6.45, 7) is 2.25. The minimum Gasteiger partial charge on any atom is -0.504 e. The smallest absolute Gasteiger partial charge is 0.328 e. The van der Waals surface area contributed by atoms with Crippen molar-refractivity contribution in [2.45, 2.75) is 6.92 Å². The van der Waals surface area contributed by atoms with Crippen molar-refractivity contribution in [3.63, 3.8) is 0 Å². The molecule has 0 aliphatic carbocycles. The second-order valence-electron chi connectivity index (χ2n) is 2.95. The van der Waals surface area contributed by atoms with Gasteiger partial charge in [0, 0.05) is 6.08 Å². The number of carboxylic acid groups (broad SMARTS) is 1. The number of ether oxygens (including phenoxy) is 1. The van der Waals surface area contributed by atoms with Gasteiger partial charge in [-0.25, -0.2) is 4.79 Å². The standard InChI is InChI=1S/C11H11IO4/c1-2-16-9-6-7(3-4-10(13)14)5-8(12)11(9)15/h3-6,15H,2H2,1H3,(H,13,14). The highest BCUT2D eigenvalue weighted by molar-refractivity contribution is 14.1. The molecule has 0 fully saturated rings. The summed E-state index contributed by atoms with van der Waals surface area (Å²) in [6, 6.07) is 3.28. The minimum absolute atomic E-state index is 0.0786. The van der Waals surface area contributed by atoms with Crippen LogP contribution < -0.4 is 4.74 Å². The van der Waals surface area contributed by atoms with Crippen LogP contribution in [0.4, 0.5) is 0 Å². The summed E-state index contributed by atoms with van der Waals surface area (Å²) in [4.78, 5) is 10.4. The van der Waals surface area contributed by atoms with E-state index in [1.54, 1.807) is 12.1 Å². The lowest BCUT2D eigenvalue weighted by molar-refractivity contribution is -0.131. The van der Waals surface area contributed by atoms with Crippen LogP contribution in [0.5, 0.6) is 11.5 Å². The number of aliphatic carboxylic acids is 1. The van der Waals surface area contributed by atoms with Crippen LogP contribution in [-0.2, 0) is 4.79 Å². The molecule has 0 aliphatic heterocycles. The number of carboxylic acids is 1. The van der Waals surface area contributed by atoms with Crippen LogP contribution in [0.15, 0.2) is 18.2 Å². The first-order valence-corrected chi connectivity index (χ1v) is 5.68. The van der Waals surface area contributed by atoms with E-state index in [1.165, 1.54) is 6.08 Å². The van der Waals surface area contributed by atoms with Crippen LogP contribution in [0.3, 0.4) is 0 Å². The highest BCUT2D eigenvalue weighted by Gasteiger charge is 2.07. The van der Waals surface area contributed by atoms with E-state index in [9.17, 15) is 9.90 Å².